The van der Waals surface area contributed by atoms with Gasteiger partial charge in [-0.05, 0) is 47.1 Å². The van der Waals surface area contributed by atoms with Gasteiger partial charge in [-0.2, -0.15) is 0 Å². The van der Waals surface area contributed by atoms with E-state index < -0.39 is 18.0 Å². The minimum atomic E-state index is -0.808. The maximum absolute atomic E-state index is 12.8. The molecule has 136 valence electrons. The summed E-state index contributed by atoms with van der Waals surface area (Å²) in [5.74, 6) is -0.987. The van der Waals surface area contributed by atoms with E-state index >= 15 is 0 Å². The Morgan fingerprint density at radius 1 is 1.12 bits per heavy atom. The number of carbonyl (C=O) groups excluding carboxylic acids is 2. The molecule has 0 radical (unpaired) electrons. The van der Waals surface area contributed by atoms with Crippen LogP contribution in [0.25, 0.3) is 10.2 Å². The summed E-state index contributed by atoms with van der Waals surface area (Å²) in [6.07, 6.45) is 0.778. The zero-order valence-electron chi connectivity index (χ0n) is 15.2. The average Bonchev–Trinajstić information content (AvgIpc) is 2.83. The molecule has 2 aromatic heterocycles. The summed E-state index contributed by atoms with van der Waals surface area (Å²) in [5.41, 5.74) is 0.137. The number of aromatic nitrogens is 2. The predicted octanol–water partition coefficient (Wildman–Crippen LogP) is 2.84. The second-order valence-corrected chi connectivity index (χ2v) is 7.31. The zero-order chi connectivity index (χ0) is 18.9. The Hall–Kier alpha value is -2.22. The molecule has 0 bridgehead atoms. The third-order valence-electron chi connectivity index (χ3n) is 3.51. The summed E-state index contributed by atoms with van der Waals surface area (Å²) in [7, 11) is 0. The Kier molecular flexibility index (Phi) is 5.62. The van der Waals surface area contributed by atoms with Gasteiger partial charge in [-0.1, -0.05) is 0 Å². The molecule has 0 aliphatic heterocycles. The van der Waals surface area contributed by atoms with Gasteiger partial charge in [-0.3, -0.25) is 9.36 Å². The molecular weight excluding hydrogens is 344 g/mol. The molecule has 0 N–H and O–H groups in total. The van der Waals surface area contributed by atoms with Crippen LogP contribution in [0.1, 0.15) is 55.9 Å². The van der Waals surface area contributed by atoms with Crippen LogP contribution in [-0.2, 0) is 14.3 Å². The lowest BCUT2D eigenvalue weighted by Gasteiger charge is -2.15. The first kappa shape index (κ1) is 19.1. The van der Waals surface area contributed by atoms with Gasteiger partial charge in [0.25, 0.3) is 5.56 Å². The van der Waals surface area contributed by atoms with Crippen LogP contribution in [-0.4, -0.2) is 33.7 Å². The molecule has 2 rings (SSSR count). The molecule has 0 spiro atoms. The standard InChI is InChI=1S/C17H22N2O5S/c1-8(2)23-16(21)11(6)19-7-18-14-12(15(19)20)10(5)13(25-14)17(22)24-9(3)4/h7-9,11H,1-6H3/t11-/m1/s1. The van der Waals surface area contributed by atoms with E-state index in [0.717, 1.165) is 11.3 Å². The van der Waals surface area contributed by atoms with Crippen LogP contribution in [0.15, 0.2) is 11.1 Å². The van der Waals surface area contributed by atoms with Gasteiger partial charge in [0.2, 0.25) is 0 Å². The molecule has 0 amide bonds. The molecule has 0 aliphatic rings. The Labute approximate surface area is 149 Å². The van der Waals surface area contributed by atoms with Gasteiger partial charge in [-0.25, -0.2) is 14.6 Å². The molecule has 2 heterocycles. The number of fused-ring (bicyclic) bond motifs is 1. The average molecular weight is 366 g/mol. The van der Waals surface area contributed by atoms with Crippen molar-refractivity contribution in [2.75, 3.05) is 0 Å². The fourth-order valence-electron chi connectivity index (χ4n) is 2.32. The Bertz CT molecular complexity index is 866. The minimum Gasteiger partial charge on any atom is -0.461 e. The van der Waals surface area contributed by atoms with Crippen LogP contribution >= 0.6 is 11.3 Å². The van der Waals surface area contributed by atoms with Gasteiger partial charge < -0.3 is 9.47 Å². The maximum Gasteiger partial charge on any atom is 0.348 e. The first-order valence-electron chi connectivity index (χ1n) is 8.05. The van der Waals surface area contributed by atoms with Crippen molar-refractivity contribution in [2.45, 2.75) is 59.8 Å². The number of esters is 2. The van der Waals surface area contributed by atoms with Gasteiger partial charge in [0.15, 0.2) is 0 Å². The summed E-state index contributed by atoms with van der Waals surface area (Å²) in [5, 5.41) is 0.326. The van der Waals surface area contributed by atoms with Gasteiger partial charge in [0.05, 0.1) is 23.9 Å². The quantitative estimate of drug-likeness (QED) is 0.756. The summed E-state index contributed by atoms with van der Waals surface area (Å²) >= 11 is 1.11. The molecule has 0 aliphatic carbocycles. The topological polar surface area (TPSA) is 87.5 Å². The third-order valence-corrected chi connectivity index (χ3v) is 4.69. The fraction of sp³-hybridized carbons (Fsp3) is 0.529. The van der Waals surface area contributed by atoms with Crippen LogP contribution in [0.4, 0.5) is 0 Å². The van der Waals surface area contributed by atoms with Crippen molar-refractivity contribution < 1.29 is 19.1 Å². The van der Waals surface area contributed by atoms with E-state index in [4.69, 9.17) is 9.47 Å². The molecule has 0 fully saturated rings. The van der Waals surface area contributed by atoms with Crippen molar-refractivity contribution in [3.05, 3.63) is 27.1 Å². The smallest absolute Gasteiger partial charge is 0.348 e. The normalized spacial score (nSPS) is 12.6. The summed E-state index contributed by atoms with van der Waals surface area (Å²) < 4.78 is 11.6. The first-order chi connectivity index (χ1) is 11.6. The van der Waals surface area contributed by atoms with Crippen molar-refractivity contribution in [1.29, 1.82) is 0 Å². The highest BCUT2D eigenvalue weighted by atomic mass is 32.1. The van der Waals surface area contributed by atoms with Gasteiger partial charge in [-0.15, -0.1) is 11.3 Å². The highest BCUT2D eigenvalue weighted by molar-refractivity contribution is 7.20. The van der Waals surface area contributed by atoms with E-state index in [2.05, 4.69) is 4.98 Å². The minimum absolute atomic E-state index is 0.257. The lowest BCUT2D eigenvalue weighted by Crippen LogP contribution is -2.30. The number of thiophene rings is 1. The number of nitrogens with zero attached hydrogens (tertiary/aromatic N) is 2. The maximum atomic E-state index is 12.8. The molecule has 8 heteroatoms. The van der Waals surface area contributed by atoms with E-state index in [1.807, 2.05) is 0 Å². The van der Waals surface area contributed by atoms with Crippen LogP contribution in [0.5, 0.6) is 0 Å². The van der Waals surface area contributed by atoms with E-state index in [1.165, 1.54) is 10.9 Å². The highest BCUT2D eigenvalue weighted by Gasteiger charge is 2.24. The second-order valence-electron chi connectivity index (χ2n) is 6.31. The Balaban J connectivity index is 2.49. The van der Waals surface area contributed by atoms with E-state index in [0.29, 0.717) is 20.7 Å². The second kappa shape index (κ2) is 7.35. The van der Waals surface area contributed by atoms with Crippen LogP contribution in [0, 0.1) is 6.92 Å². The molecule has 0 unspecified atom stereocenters. The molecule has 0 saturated heterocycles. The Morgan fingerprint density at radius 3 is 2.28 bits per heavy atom. The number of carbonyl (C=O) groups is 2. The molecule has 0 aromatic carbocycles. The lowest BCUT2D eigenvalue weighted by molar-refractivity contribution is -0.151. The molecule has 25 heavy (non-hydrogen) atoms. The number of aryl methyl sites for hydroxylation is 1. The molecular formula is C17H22N2O5S. The third kappa shape index (κ3) is 3.89. The van der Waals surface area contributed by atoms with Crippen LogP contribution < -0.4 is 5.56 Å². The molecule has 7 nitrogen and oxygen atoms in total. The largest absolute Gasteiger partial charge is 0.461 e. The van der Waals surface area contributed by atoms with Crippen molar-refractivity contribution >= 4 is 33.5 Å². The number of ether oxygens (including phenoxy) is 2. The number of rotatable bonds is 5. The fourth-order valence-corrected chi connectivity index (χ4v) is 3.34. The highest BCUT2D eigenvalue weighted by Crippen LogP contribution is 2.28. The van der Waals surface area contributed by atoms with Crippen molar-refractivity contribution in [2.24, 2.45) is 0 Å². The van der Waals surface area contributed by atoms with E-state index in [9.17, 15) is 14.4 Å². The number of hydrogen-bond donors (Lipinski definition) is 0. The molecule has 1 atom stereocenters. The summed E-state index contributed by atoms with van der Waals surface area (Å²) in [6, 6.07) is -0.808. The van der Waals surface area contributed by atoms with Crippen molar-refractivity contribution in [1.82, 2.24) is 9.55 Å². The SMILES string of the molecule is Cc1c(C(=O)OC(C)C)sc2ncn([C@H](C)C(=O)OC(C)C)c(=O)c12. The Morgan fingerprint density at radius 2 is 1.72 bits per heavy atom. The van der Waals surface area contributed by atoms with Crippen molar-refractivity contribution in [3.8, 4) is 0 Å². The van der Waals surface area contributed by atoms with Crippen molar-refractivity contribution in [3.63, 3.8) is 0 Å². The van der Waals surface area contributed by atoms with Gasteiger partial charge in [0.1, 0.15) is 15.7 Å². The molecule has 0 saturated carbocycles. The van der Waals surface area contributed by atoms with E-state index in [1.54, 1.807) is 41.5 Å². The van der Waals surface area contributed by atoms with Crippen LogP contribution in [0.2, 0.25) is 0 Å². The van der Waals surface area contributed by atoms with Gasteiger partial charge in [0, 0.05) is 0 Å². The van der Waals surface area contributed by atoms with Gasteiger partial charge >= 0.3 is 11.9 Å². The summed E-state index contributed by atoms with van der Waals surface area (Å²) in [6.45, 7) is 10.3. The molecule has 2 aromatic rings. The van der Waals surface area contributed by atoms with E-state index in [-0.39, 0.29) is 17.8 Å². The summed E-state index contributed by atoms with van der Waals surface area (Å²) in [4.78, 5) is 42.1. The first-order valence-corrected chi connectivity index (χ1v) is 8.86. The zero-order valence-corrected chi connectivity index (χ0v) is 16.0. The lowest BCUT2D eigenvalue weighted by atomic mass is 10.2. The number of hydrogen-bond acceptors (Lipinski definition) is 7. The predicted molar refractivity (Wildman–Crippen MR) is 95.1 cm³/mol. The van der Waals surface area contributed by atoms with Crippen LogP contribution in [0.3, 0.4) is 0 Å². The monoisotopic (exact) mass is 366 g/mol.